The summed E-state index contributed by atoms with van der Waals surface area (Å²) in [6.07, 6.45) is -4.63. The van der Waals surface area contributed by atoms with E-state index < -0.39 is 54.3 Å². The Balaban J connectivity index is 2.41. The van der Waals surface area contributed by atoms with E-state index in [4.69, 9.17) is 4.74 Å². The van der Waals surface area contributed by atoms with Crippen molar-refractivity contribution in [2.24, 2.45) is 0 Å². The van der Waals surface area contributed by atoms with Crippen LogP contribution < -0.4 is 5.32 Å². The molecular formula is C14H24N3O7. The highest BCUT2D eigenvalue weighted by molar-refractivity contribution is 6.01. The van der Waals surface area contributed by atoms with E-state index in [2.05, 4.69) is 0 Å². The van der Waals surface area contributed by atoms with Gasteiger partial charge in [0.2, 0.25) is 0 Å². The molecule has 2 rings (SSSR count). The van der Waals surface area contributed by atoms with Crippen molar-refractivity contribution in [2.75, 3.05) is 6.61 Å². The zero-order chi connectivity index (χ0) is 18.4. The van der Waals surface area contributed by atoms with Crippen LogP contribution in [0.25, 0.3) is 0 Å². The topological polar surface area (TPSA) is 142 Å². The lowest BCUT2D eigenvalue weighted by Gasteiger charge is -2.50. The summed E-state index contributed by atoms with van der Waals surface area (Å²) in [6.45, 7) is 5.40. The van der Waals surface area contributed by atoms with Crippen LogP contribution in [0, 0.1) is 0 Å². The zero-order valence-electron chi connectivity index (χ0n) is 14.1. The van der Waals surface area contributed by atoms with Crippen LogP contribution in [-0.4, -0.2) is 79.6 Å². The molecule has 0 aliphatic carbocycles. The Hall–Kier alpha value is -1.30. The van der Waals surface area contributed by atoms with Crippen molar-refractivity contribution < 1.29 is 34.9 Å². The van der Waals surface area contributed by atoms with Crippen LogP contribution in [0.1, 0.15) is 34.1 Å². The molecule has 0 aromatic heterocycles. The van der Waals surface area contributed by atoms with Crippen LogP contribution in [0.15, 0.2) is 0 Å². The summed E-state index contributed by atoms with van der Waals surface area (Å²) < 4.78 is 5.43. The molecule has 2 aliphatic rings. The zero-order valence-corrected chi connectivity index (χ0v) is 14.1. The monoisotopic (exact) mass is 346 g/mol. The van der Waals surface area contributed by atoms with E-state index >= 15 is 0 Å². The van der Waals surface area contributed by atoms with Gasteiger partial charge in [0.05, 0.1) is 12.7 Å². The second kappa shape index (κ2) is 6.21. The number of nitrogens with one attached hydrogen (secondary N) is 1. The molecule has 24 heavy (non-hydrogen) atoms. The van der Waals surface area contributed by atoms with Gasteiger partial charge in [-0.15, -0.1) is 10.3 Å². The number of carbonyl (C=O) groups excluding carboxylic acids is 2. The fourth-order valence-electron chi connectivity index (χ4n) is 2.83. The fraction of sp³-hybridized carbons (Fsp3) is 0.857. The first-order valence-electron chi connectivity index (χ1n) is 7.68. The Morgan fingerprint density at radius 3 is 2.46 bits per heavy atom. The first-order chi connectivity index (χ1) is 10.9. The number of hydrogen-bond donors (Lipinski definition) is 4. The molecular weight excluding hydrogens is 322 g/mol. The van der Waals surface area contributed by atoms with E-state index in [1.165, 1.54) is 0 Å². The van der Waals surface area contributed by atoms with Gasteiger partial charge in [-0.05, 0) is 27.7 Å². The lowest BCUT2D eigenvalue weighted by Crippen LogP contribution is -2.76. The quantitative estimate of drug-likeness (QED) is 0.457. The van der Waals surface area contributed by atoms with Gasteiger partial charge in [0.15, 0.2) is 11.8 Å². The minimum Gasteiger partial charge on any atom is -0.394 e. The van der Waals surface area contributed by atoms with Gasteiger partial charge >= 0.3 is 6.03 Å². The second-order valence-corrected chi connectivity index (χ2v) is 7.30. The van der Waals surface area contributed by atoms with Crippen molar-refractivity contribution in [3.8, 4) is 0 Å². The van der Waals surface area contributed by atoms with E-state index in [0.717, 1.165) is 11.8 Å². The van der Waals surface area contributed by atoms with Crippen LogP contribution >= 0.6 is 0 Å². The maximum Gasteiger partial charge on any atom is 0.327 e. The summed E-state index contributed by atoms with van der Waals surface area (Å²) in [5, 5.41) is 44.8. The molecule has 1 radical (unpaired) electrons. The maximum atomic E-state index is 12.7. The molecule has 3 amide bonds. The van der Waals surface area contributed by atoms with Crippen molar-refractivity contribution in [2.45, 2.75) is 69.9 Å². The van der Waals surface area contributed by atoms with Crippen molar-refractivity contribution >= 4 is 11.9 Å². The van der Waals surface area contributed by atoms with Gasteiger partial charge in [0, 0.05) is 12.0 Å². The predicted molar refractivity (Wildman–Crippen MR) is 78.4 cm³/mol. The van der Waals surface area contributed by atoms with Crippen LogP contribution in [0.3, 0.4) is 0 Å². The van der Waals surface area contributed by atoms with E-state index in [9.17, 15) is 30.1 Å². The number of urea groups is 1. The van der Waals surface area contributed by atoms with Crippen molar-refractivity contribution in [3.63, 3.8) is 0 Å². The van der Waals surface area contributed by atoms with Gasteiger partial charge in [0.25, 0.3) is 5.91 Å². The summed E-state index contributed by atoms with van der Waals surface area (Å²) >= 11 is 0. The predicted octanol–water partition coefficient (Wildman–Crippen LogP) is -1.47. The molecule has 5 atom stereocenters. The van der Waals surface area contributed by atoms with Crippen molar-refractivity contribution in [1.29, 1.82) is 0 Å². The molecule has 2 aliphatic heterocycles. The minimum absolute atomic E-state index is 0.0581. The Bertz CT molecular complexity index is 519. The summed E-state index contributed by atoms with van der Waals surface area (Å²) in [4.78, 5) is 25.2. The molecule has 2 saturated heterocycles. The summed E-state index contributed by atoms with van der Waals surface area (Å²) in [5.74, 6) is -0.990. The third kappa shape index (κ3) is 3.13. The molecule has 0 saturated carbocycles. The van der Waals surface area contributed by atoms with E-state index in [-0.39, 0.29) is 6.42 Å². The Morgan fingerprint density at radius 1 is 1.42 bits per heavy atom. The van der Waals surface area contributed by atoms with Crippen LogP contribution in [0.4, 0.5) is 4.79 Å². The van der Waals surface area contributed by atoms with Crippen LogP contribution in [0.2, 0.25) is 0 Å². The second-order valence-electron chi connectivity index (χ2n) is 7.30. The van der Waals surface area contributed by atoms with Gasteiger partial charge in [-0.2, -0.15) is 0 Å². The Kier molecular flexibility index (Phi) is 4.92. The first-order valence-corrected chi connectivity index (χ1v) is 7.68. The molecule has 10 nitrogen and oxygen atoms in total. The number of rotatable bonds is 3. The largest absolute Gasteiger partial charge is 0.394 e. The van der Waals surface area contributed by atoms with Gasteiger partial charge in [-0.25, -0.2) is 4.79 Å². The van der Waals surface area contributed by atoms with Crippen molar-refractivity contribution in [3.05, 3.63) is 0 Å². The minimum atomic E-state index is -2.19. The summed E-state index contributed by atoms with van der Waals surface area (Å²) in [6, 6.07) is -0.905. The fourth-order valence-corrected chi connectivity index (χ4v) is 2.83. The molecule has 2 fully saturated rings. The van der Waals surface area contributed by atoms with E-state index in [0.29, 0.717) is 5.06 Å². The third-order valence-corrected chi connectivity index (χ3v) is 4.26. The number of aliphatic hydroxyl groups excluding tert-OH is 2. The number of nitrogens with zero attached hydrogens (tertiary/aromatic N) is 2. The Morgan fingerprint density at radius 2 is 2.00 bits per heavy atom. The number of aliphatic hydroxyl groups is 3. The number of hydroxylamine groups is 2. The highest BCUT2D eigenvalue weighted by Gasteiger charge is 2.58. The number of imide groups is 1. The molecule has 2 heterocycles. The van der Waals surface area contributed by atoms with Gasteiger partial charge < -0.3 is 20.1 Å². The Labute approximate surface area is 139 Å². The highest BCUT2D eigenvalue weighted by Crippen LogP contribution is 2.34. The molecule has 0 spiro atoms. The van der Waals surface area contributed by atoms with Gasteiger partial charge in [0.1, 0.15) is 12.3 Å². The molecule has 0 bridgehead atoms. The highest BCUT2D eigenvalue weighted by atomic mass is 16.6. The normalized spacial score (nSPS) is 38.0. The summed E-state index contributed by atoms with van der Waals surface area (Å²) in [7, 11) is 0. The van der Waals surface area contributed by atoms with Crippen LogP contribution in [0.5, 0.6) is 0 Å². The molecule has 2 unspecified atom stereocenters. The molecule has 4 N–H and O–H groups in total. The first kappa shape index (κ1) is 19.0. The van der Waals surface area contributed by atoms with Crippen molar-refractivity contribution in [1.82, 2.24) is 15.3 Å². The average molecular weight is 346 g/mol. The van der Waals surface area contributed by atoms with Gasteiger partial charge in [-0.1, -0.05) is 0 Å². The van der Waals surface area contributed by atoms with E-state index in [1.807, 2.05) is 5.32 Å². The molecule has 0 aromatic carbocycles. The summed E-state index contributed by atoms with van der Waals surface area (Å²) in [5.41, 5.74) is -3.20. The van der Waals surface area contributed by atoms with Gasteiger partial charge in [-0.3, -0.25) is 15.0 Å². The lowest BCUT2D eigenvalue weighted by molar-refractivity contribution is -0.307. The number of carbonyl (C=O) groups is 2. The average Bonchev–Trinajstić information content (AvgIpc) is 2.81. The number of hydrogen-bond acceptors (Lipinski definition) is 7. The maximum absolute atomic E-state index is 12.7. The molecule has 137 valence electrons. The van der Waals surface area contributed by atoms with E-state index in [1.54, 1.807) is 20.8 Å². The lowest BCUT2D eigenvalue weighted by atomic mass is 9.94. The molecule has 10 heteroatoms. The number of ether oxygens (including phenoxy) is 1. The standard InChI is InChI=1S/C14H24N3O7/c1-13(2,3)17(23)11-14(4,22)10(20)15-12(21)16(11)9-5-7(19)8(6-18)24-9/h7-9,11,18-19,22H,5-6H2,1-4H3,(H,15,20,21)/t7-,8+,9+,11?,14?/m0/s1. The molecule has 0 aromatic rings. The number of amides is 3. The van der Waals surface area contributed by atoms with Crippen LogP contribution in [-0.2, 0) is 14.7 Å². The third-order valence-electron chi connectivity index (χ3n) is 4.26. The SMILES string of the molecule is CC1(O)C(=O)NC(=O)N([C@H]2C[C@H](O)[C@@H](CO)O2)C1N([O])C(C)(C)C. The smallest absolute Gasteiger partial charge is 0.327 e.